The second-order valence-corrected chi connectivity index (χ2v) is 5.45. The maximum absolute atomic E-state index is 11.3. The summed E-state index contributed by atoms with van der Waals surface area (Å²) in [6, 6.07) is 16.1. The molecule has 2 rings (SSSR count). The molecule has 2 aromatic carbocycles. The molecule has 1 atom stereocenters. The van der Waals surface area contributed by atoms with Crippen molar-refractivity contribution in [1.29, 1.82) is 0 Å². The molecule has 0 aliphatic carbocycles. The van der Waals surface area contributed by atoms with Gasteiger partial charge in [0.05, 0.1) is 5.54 Å². The van der Waals surface area contributed by atoms with Gasteiger partial charge in [-0.15, -0.1) is 0 Å². The lowest BCUT2D eigenvalue weighted by atomic mass is 9.91. The summed E-state index contributed by atoms with van der Waals surface area (Å²) in [5, 5.41) is 0. The maximum atomic E-state index is 11.3. The Morgan fingerprint density at radius 3 is 2.38 bits per heavy atom. The second-order valence-electron chi connectivity index (χ2n) is 5.45. The van der Waals surface area contributed by atoms with Crippen molar-refractivity contribution in [2.75, 3.05) is 0 Å². The first kappa shape index (κ1) is 15.0. The van der Waals surface area contributed by atoms with Crippen LogP contribution in [-0.4, -0.2) is 11.4 Å². The van der Waals surface area contributed by atoms with Crippen LogP contribution in [0.5, 0.6) is 0 Å². The lowest BCUT2D eigenvalue weighted by Gasteiger charge is -2.20. The number of rotatable bonds is 5. The predicted molar refractivity (Wildman–Crippen MR) is 87.5 cm³/mol. The van der Waals surface area contributed by atoms with Gasteiger partial charge in [0.2, 0.25) is 5.91 Å². The van der Waals surface area contributed by atoms with E-state index in [1.54, 1.807) is 6.92 Å². The molecule has 4 N–H and O–H groups in total. The standard InChI is InChI=1S/C18H20N2O/c1-3-14-6-4-5-7-16(14)15-10-8-13(9-11-15)12-18(2,20)17(19)21/h3-11H,1,12,20H2,2H3,(H2,19,21). The van der Waals surface area contributed by atoms with Gasteiger partial charge in [0.1, 0.15) is 0 Å². The zero-order chi connectivity index (χ0) is 15.5. The summed E-state index contributed by atoms with van der Waals surface area (Å²) < 4.78 is 0. The summed E-state index contributed by atoms with van der Waals surface area (Å²) in [6.07, 6.45) is 2.26. The van der Waals surface area contributed by atoms with Crippen molar-refractivity contribution in [1.82, 2.24) is 0 Å². The molecule has 0 saturated carbocycles. The fourth-order valence-electron chi connectivity index (χ4n) is 2.25. The second kappa shape index (κ2) is 5.94. The van der Waals surface area contributed by atoms with Crippen LogP contribution < -0.4 is 11.5 Å². The number of nitrogens with two attached hydrogens (primary N) is 2. The van der Waals surface area contributed by atoms with Gasteiger partial charge in [-0.05, 0) is 35.6 Å². The van der Waals surface area contributed by atoms with Crippen molar-refractivity contribution in [2.45, 2.75) is 18.9 Å². The molecule has 0 aromatic heterocycles. The van der Waals surface area contributed by atoms with Gasteiger partial charge in [0, 0.05) is 0 Å². The average Bonchev–Trinajstić information content (AvgIpc) is 2.47. The molecular formula is C18H20N2O. The van der Waals surface area contributed by atoms with E-state index in [1.807, 2.05) is 48.5 Å². The van der Waals surface area contributed by atoms with Gasteiger partial charge < -0.3 is 11.5 Å². The SMILES string of the molecule is C=Cc1ccccc1-c1ccc(CC(C)(N)C(N)=O)cc1. The molecule has 1 unspecified atom stereocenters. The third kappa shape index (κ3) is 3.38. The van der Waals surface area contributed by atoms with E-state index >= 15 is 0 Å². The molecule has 0 spiro atoms. The molecule has 0 aliphatic rings. The van der Waals surface area contributed by atoms with Gasteiger partial charge in [-0.1, -0.05) is 61.2 Å². The van der Waals surface area contributed by atoms with E-state index in [0.717, 1.165) is 22.3 Å². The summed E-state index contributed by atoms with van der Waals surface area (Å²) in [6.45, 7) is 5.48. The van der Waals surface area contributed by atoms with Crippen LogP contribution in [0, 0.1) is 0 Å². The maximum Gasteiger partial charge on any atom is 0.237 e. The van der Waals surface area contributed by atoms with Crippen LogP contribution in [0.25, 0.3) is 17.2 Å². The Hall–Kier alpha value is -2.39. The minimum absolute atomic E-state index is 0.422. The van der Waals surface area contributed by atoms with Crippen LogP contribution in [0.2, 0.25) is 0 Å². The molecule has 0 heterocycles. The van der Waals surface area contributed by atoms with Crippen molar-refractivity contribution in [3.63, 3.8) is 0 Å². The molecule has 3 nitrogen and oxygen atoms in total. The lowest BCUT2D eigenvalue weighted by Crippen LogP contribution is -2.51. The fraction of sp³-hybridized carbons (Fsp3) is 0.167. The van der Waals surface area contributed by atoms with Gasteiger partial charge in [-0.25, -0.2) is 0 Å². The molecule has 1 amide bonds. The number of carbonyl (C=O) groups excluding carboxylic acids is 1. The number of primary amides is 1. The number of hydrogen-bond donors (Lipinski definition) is 2. The minimum Gasteiger partial charge on any atom is -0.368 e. The quantitative estimate of drug-likeness (QED) is 0.884. The van der Waals surface area contributed by atoms with Crippen molar-refractivity contribution < 1.29 is 4.79 Å². The normalized spacial score (nSPS) is 13.4. The first-order valence-corrected chi connectivity index (χ1v) is 6.83. The van der Waals surface area contributed by atoms with E-state index in [4.69, 9.17) is 11.5 Å². The molecule has 0 aliphatic heterocycles. The topological polar surface area (TPSA) is 69.1 Å². The highest BCUT2D eigenvalue weighted by atomic mass is 16.1. The molecule has 0 saturated heterocycles. The Bertz CT molecular complexity index is 657. The summed E-state index contributed by atoms with van der Waals surface area (Å²) in [7, 11) is 0. The molecule has 108 valence electrons. The van der Waals surface area contributed by atoms with Crippen LogP contribution in [0.4, 0.5) is 0 Å². The molecule has 0 radical (unpaired) electrons. The fourth-order valence-corrected chi connectivity index (χ4v) is 2.25. The third-order valence-electron chi connectivity index (χ3n) is 3.58. The van der Waals surface area contributed by atoms with Crippen LogP contribution in [0.15, 0.2) is 55.1 Å². The monoisotopic (exact) mass is 280 g/mol. The zero-order valence-corrected chi connectivity index (χ0v) is 12.2. The number of benzene rings is 2. The number of amides is 1. The third-order valence-corrected chi connectivity index (χ3v) is 3.58. The lowest BCUT2D eigenvalue weighted by molar-refractivity contribution is -0.122. The van der Waals surface area contributed by atoms with Crippen LogP contribution >= 0.6 is 0 Å². The van der Waals surface area contributed by atoms with E-state index in [0.29, 0.717) is 6.42 Å². The minimum atomic E-state index is -1.03. The van der Waals surface area contributed by atoms with Gasteiger partial charge in [0.25, 0.3) is 0 Å². The van der Waals surface area contributed by atoms with E-state index < -0.39 is 11.4 Å². The Balaban J connectivity index is 2.27. The van der Waals surface area contributed by atoms with E-state index in [9.17, 15) is 4.79 Å². The van der Waals surface area contributed by atoms with Gasteiger partial charge in [0.15, 0.2) is 0 Å². The first-order valence-electron chi connectivity index (χ1n) is 6.83. The van der Waals surface area contributed by atoms with Crippen molar-refractivity contribution in [3.8, 4) is 11.1 Å². The predicted octanol–water partition coefficient (Wildman–Crippen LogP) is 2.74. The smallest absolute Gasteiger partial charge is 0.237 e. The molecule has 21 heavy (non-hydrogen) atoms. The summed E-state index contributed by atoms with van der Waals surface area (Å²) >= 11 is 0. The van der Waals surface area contributed by atoms with Crippen LogP contribution in [0.1, 0.15) is 18.1 Å². The number of hydrogen-bond acceptors (Lipinski definition) is 2. The average molecular weight is 280 g/mol. The largest absolute Gasteiger partial charge is 0.368 e. The summed E-state index contributed by atoms with van der Waals surface area (Å²) in [5.41, 5.74) is 14.5. The number of carbonyl (C=O) groups is 1. The van der Waals surface area contributed by atoms with E-state index in [2.05, 4.69) is 12.6 Å². The van der Waals surface area contributed by atoms with Gasteiger partial charge >= 0.3 is 0 Å². The Kier molecular flexibility index (Phi) is 4.24. The van der Waals surface area contributed by atoms with E-state index in [1.165, 1.54) is 0 Å². The zero-order valence-electron chi connectivity index (χ0n) is 12.2. The van der Waals surface area contributed by atoms with Gasteiger partial charge in [-0.3, -0.25) is 4.79 Å². The summed E-state index contributed by atoms with van der Waals surface area (Å²) in [4.78, 5) is 11.3. The highest BCUT2D eigenvalue weighted by Crippen LogP contribution is 2.25. The van der Waals surface area contributed by atoms with Crippen molar-refractivity contribution in [3.05, 3.63) is 66.2 Å². The Morgan fingerprint density at radius 2 is 1.81 bits per heavy atom. The highest BCUT2D eigenvalue weighted by Gasteiger charge is 2.25. The van der Waals surface area contributed by atoms with Gasteiger partial charge in [-0.2, -0.15) is 0 Å². The molecule has 0 fully saturated rings. The molecule has 2 aromatic rings. The van der Waals surface area contributed by atoms with E-state index in [-0.39, 0.29) is 0 Å². The highest BCUT2D eigenvalue weighted by molar-refractivity contribution is 5.84. The molecule has 0 bridgehead atoms. The van der Waals surface area contributed by atoms with Crippen molar-refractivity contribution >= 4 is 12.0 Å². The first-order chi connectivity index (χ1) is 9.94. The molecule has 3 heteroatoms. The molecular weight excluding hydrogens is 260 g/mol. The van der Waals surface area contributed by atoms with Crippen molar-refractivity contribution in [2.24, 2.45) is 11.5 Å². The summed E-state index contributed by atoms with van der Waals surface area (Å²) in [5.74, 6) is -0.497. The Labute approximate surface area is 125 Å². The van der Waals surface area contributed by atoms with Crippen LogP contribution in [0.3, 0.4) is 0 Å². The van der Waals surface area contributed by atoms with Crippen LogP contribution in [-0.2, 0) is 11.2 Å². The Morgan fingerprint density at radius 1 is 1.19 bits per heavy atom.